The predicted molar refractivity (Wildman–Crippen MR) is 111 cm³/mol. The lowest BCUT2D eigenvalue weighted by atomic mass is 10.0. The van der Waals surface area contributed by atoms with Gasteiger partial charge in [-0.3, -0.25) is 0 Å². The number of nitrogens with zero attached hydrogens (tertiary/aromatic N) is 3. The number of hydrogen-bond acceptors (Lipinski definition) is 4. The van der Waals surface area contributed by atoms with Gasteiger partial charge >= 0.3 is 0 Å². The van der Waals surface area contributed by atoms with E-state index in [1.165, 1.54) is 5.56 Å². The van der Waals surface area contributed by atoms with Crippen LogP contribution in [0.1, 0.15) is 18.1 Å². The summed E-state index contributed by atoms with van der Waals surface area (Å²) in [5.74, 6) is 0. The number of nitrogens with two attached hydrogens (primary N) is 1. The third-order valence-electron chi connectivity index (χ3n) is 4.72. The van der Waals surface area contributed by atoms with Crippen LogP contribution < -0.4 is 16.0 Å². The van der Waals surface area contributed by atoms with Crippen LogP contribution in [0.2, 0.25) is 5.02 Å². The smallest absolute Gasteiger partial charge is 0.0949 e. The van der Waals surface area contributed by atoms with Gasteiger partial charge in [0.15, 0.2) is 0 Å². The molecule has 1 aromatic heterocycles. The molecule has 0 radical (unpaired) electrons. The van der Waals surface area contributed by atoms with Crippen molar-refractivity contribution in [3.05, 3.63) is 83.0 Å². The Balaban J connectivity index is 1.81. The second kappa shape index (κ2) is 7.37. The van der Waals surface area contributed by atoms with Crippen molar-refractivity contribution in [2.24, 2.45) is 5.73 Å². The van der Waals surface area contributed by atoms with Gasteiger partial charge in [0.2, 0.25) is 0 Å². The first-order valence-electron chi connectivity index (χ1n) is 8.94. The van der Waals surface area contributed by atoms with E-state index in [1.807, 2.05) is 31.6 Å². The van der Waals surface area contributed by atoms with Crippen LogP contribution in [0.15, 0.2) is 66.9 Å². The molecule has 0 spiro atoms. The molecule has 2 heterocycles. The lowest BCUT2D eigenvalue weighted by Gasteiger charge is -2.25. The van der Waals surface area contributed by atoms with Gasteiger partial charge in [-0.2, -0.15) is 0 Å². The standard InChI is InChI=1S/C21H22ClN5/c1-15(23)21-19-7-2-16(13-26-10-8-24-14-26)12-20(19)27(11-9-25-21)18-5-3-17(22)4-6-18/h2-8,10,12,14,25H,9,11,13,23H2,1H3/b21-15-. The second-order valence-corrected chi connectivity index (χ2v) is 7.14. The maximum atomic E-state index is 6.17. The van der Waals surface area contributed by atoms with Crippen molar-refractivity contribution >= 4 is 28.7 Å². The summed E-state index contributed by atoms with van der Waals surface area (Å²) in [7, 11) is 0. The fourth-order valence-corrected chi connectivity index (χ4v) is 3.58. The SMILES string of the molecule is C/C(N)=C1/NCCN(c2ccc(Cl)cc2)c2cc(Cn3ccnc3)ccc21. The first-order valence-corrected chi connectivity index (χ1v) is 9.32. The first-order chi connectivity index (χ1) is 13.1. The Morgan fingerprint density at radius 3 is 2.74 bits per heavy atom. The van der Waals surface area contributed by atoms with Crippen LogP contribution in [0.5, 0.6) is 0 Å². The summed E-state index contributed by atoms with van der Waals surface area (Å²) in [4.78, 5) is 6.44. The highest BCUT2D eigenvalue weighted by molar-refractivity contribution is 6.30. The summed E-state index contributed by atoms with van der Waals surface area (Å²) >= 11 is 6.09. The van der Waals surface area contributed by atoms with E-state index in [2.05, 4.69) is 50.1 Å². The number of anilines is 2. The summed E-state index contributed by atoms with van der Waals surface area (Å²) < 4.78 is 2.06. The summed E-state index contributed by atoms with van der Waals surface area (Å²) in [5, 5.41) is 4.22. The van der Waals surface area contributed by atoms with E-state index in [0.717, 1.165) is 53.0 Å². The van der Waals surface area contributed by atoms with Crippen molar-refractivity contribution in [1.29, 1.82) is 0 Å². The molecule has 4 rings (SSSR count). The fraction of sp³-hybridized carbons (Fsp3) is 0.190. The molecule has 0 saturated carbocycles. The molecular weight excluding hydrogens is 358 g/mol. The third kappa shape index (κ3) is 3.64. The van der Waals surface area contributed by atoms with Gasteiger partial charge in [-0.05, 0) is 42.8 Å². The van der Waals surface area contributed by atoms with Crippen molar-refractivity contribution in [2.75, 3.05) is 18.0 Å². The largest absolute Gasteiger partial charge is 0.401 e. The van der Waals surface area contributed by atoms with Gasteiger partial charge in [0, 0.05) is 54.0 Å². The van der Waals surface area contributed by atoms with Gasteiger partial charge in [0.1, 0.15) is 0 Å². The van der Waals surface area contributed by atoms with E-state index in [4.69, 9.17) is 17.3 Å². The molecule has 3 N–H and O–H groups in total. The van der Waals surface area contributed by atoms with Crippen LogP contribution in [0.3, 0.4) is 0 Å². The molecule has 3 aromatic rings. The summed E-state index contributed by atoms with van der Waals surface area (Å²) in [6.45, 7) is 4.34. The van der Waals surface area contributed by atoms with Gasteiger partial charge in [-0.15, -0.1) is 0 Å². The maximum Gasteiger partial charge on any atom is 0.0949 e. The van der Waals surface area contributed by atoms with Crippen LogP contribution in [-0.4, -0.2) is 22.6 Å². The Kier molecular flexibility index (Phi) is 4.77. The van der Waals surface area contributed by atoms with Gasteiger partial charge < -0.3 is 20.5 Å². The van der Waals surface area contributed by atoms with Crippen LogP contribution in [0, 0.1) is 0 Å². The van der Waals surface area contributed by atoms with E-state index in [9.17, 15) is 0 Å². The number of allylic oxidation sites excluding steroid dienone is 1. The monoisotopic (exact) mass is 379 g/mol. The number of halogens is 1. The summed E-state index contributed by atoms with van der Waals surface area (Å²) in [6.07, 6.45) is 5.60. The topological polar surface area (TPSA) is 59.1 Å². The molecule has 0 bridgehead atoms. The molecule has 0 amide bonds. The predicted octanol–water partition coefficient (Wildman–Crippen LogP) is 3.97. The van der Waals surface area contributed by atoms with E-state index in [-0.39, 0.29) is 0 Å². The Bertz CT molecular complexity index is 957. The molecule has 27 heavy (non-hydrogen) atoms. The number of rotatable bonds is 3. The quantitative estimate of drug-likeness (QED) is 0.722. The zero-order valence-electron chi connectivity index (χ0n) is 15.2. The van der Waals surface area contributed by atoms with Gasteiger partial charge in [-0.25, -0.2) is 4.98 Å². The Labute approximate surface area is 164 Å². The highest BCUT2D eigenvalue weighted by atomic mass is 35.5. The minimum absolute atomic E-state index is 0.735. The number of imidazole rings is 1. The molecule has 0 unspecified atom stereocenters. The lowest BCUT2D eigenvalue weighted by molar-refractivity contribution is 0.796. The van der Waals surface area contributed by atoms with E-state index >= 15 is 0 Å². The number of aromatic nitrogens is 2. The van der Waals surface area contributed by atoms with Crippen LogP contribution in [0.25, 0.3) is 5.70 Å². The number of nitrogens with one attached hydrogen (secondary N) is 1. The normalized spacial score (nSPS) is 15.7. The molecule has 138 valence electrons. The van der Waals surface area contributed by atoms with Crippen LogP contribution in [0.4, 0.5) is 11.4 Å². The average molecular weight is 380 g/mol. The summed E-state index contributed by atoms with van der Waals surface area (Å²) in [6, 6.07) is 14.5. The second-order valence-electron chi connectivity index (χ2n) is 6.70. The van der Waals surface area contributed by atoms with E-state index in [0.29, 0.717) is 0 Å². The van der Waals surface area contributed by atoms with Gasteiger partial charge in [0.25, 0.3) is 0 Å². The Hall–Kier alpha value is -2.92. The Morgan fingerprint density at radius 1 is 1.22 bits per heavy atom. The summed E-state index contributed by atoms with van der Waals surface area (Å²) in [5.41, 5.74) is 12.5. The molecule has 6 heteroatoms. The van der Waals surface area contributed by atoms with Crippen molar-refractivity contribution < 1.29 is 0 Å². The highest BCUT2D eigenvalue weighted by Gasteiger charge is 2.21. The zero-order chi connectivity index (χ0) is 18.8. The van der Waals surface area contributed by atoms with Crippen molar-refractivity contribution in [1.82, 2.24) is 14.9 Å². The van der Waals surface area contributed by atoms with E-state index < -0.39 is 0 Å². The Morgan fingerprint density at radius 2 is 2.04 bits per heavy atom. The van der Waals surface area contributed by atoms with Crippen LogP contribution >= 0.6 is 11.6 Å². The third-order valence-corrected chi connectivity index (χ3v) is 4.97. The molecule has 0 fully saturated rings. The van der Waals surface area contributed by atoms with Gasteiger partial charge in [-0.1, -0.05) is 23.7 Å². The molecule has 0 aliphatic carbocycles. The highest BCUT2D eigenvalue weighted by Crippen LogP contribution is 2.35. The van der Waals surface area contributed by atoms with Crippen molar-refractivity contribution in [3.8, 4) is 0 Å². The number of fused-ring (bicyclic) bond motifs is 1. The molecule has 0 saturated heterocycles. The molecule has 1 aliphatic rings. The number of hydrogen-bond donors (Lipinski definition) is 2. The lowest BCUT2D eigenvalue weighted by Crippen LogP contribution is -2.24. The molecule has 5 nitrogen and oxygen atoms in total. The molecular formula is C21H22ClN5. The van der Waals surface area contributed by atoms with Gasteiger partial charge in [0.05, 0.1) is 17.7 Å². The van der Waals surface area contributed by atoms with Crippen LogP contribution in [-0.2, 0) is 6.54 Å². The molecule has 2 aromatic carbocycles. The molecule has 1 aliphatic heterocycles. The first kappa shape index (κ1) is 17.5. The fourth-order valence-electron chi connectivity index (χ4n) is 3.45. The number of benzene rings is 2. The van der Waals surface area contributed by atoms with Crippen molar-refractivity contribution in [3.63, 3.8) is 0 Å². The minimum atomic E-state index is 0.735. The zero-order valence-corrected chi connectivity index (χ0v) is 15.9. The molecule has 0 atom stereocenters. The van der Waals surface area contributed by atoms with E-state index in [1.54, 1.807) is 6.20 Å². The average Bonchev–Trinajstić information content (AvgIpc) is 3.08. The van der Waals surface area contributed by atoms with Crippen molar-refractivity contribution in [2.45, 2.75) is 13.5 Å². The maximum absolute atomic E-state index is 6.17. The minimum Gasteiger partial charge on any atom is -0.401 e.